The van der Waals surface area contributed by atoms with E-state index >= 15 is 0 Å². The van der Waals surface area contributed by atoms with E-state index in [1.807, 2.05) is 12.1 Å². The van der Waals surface area contributed by atoms with Crippen molar-refractivity contribution in [2.45, 2.75) is 6.04 Å². The summed E-state index contributed by atoms with van der Waals surface area (Å²) in [6.07, 6.45) is 3.28. The molecule has 2 aromatic heterocycles. The van der Waals surface area contributed by atoms with Crippen LogP contribution < -0.4 is 5.32 Å². The first kappa shape index (κ1) is 16.4. The van der Waals surface area contributed by atoms with Crippen LogP contribution >= 0.6 is 11.6 Å². The molecule has 3 N–H and O–H groups in total. The van der Waals surface area contributed by atoms with Crippen molar-refractivity contribution in [3.63, 3.8) is 0 Å². The molecule has 124 valence electrons. The van der Waals surface area contributed by atoms with Crippen LogP contribution in [-0.4, -0.2) is 50.0 Å². The van der Waals surface area contributed by atoms with Crippen molar-refractivity contribution in [3.05, 3.63) is 53.4 Å². The molecule has 1 aromatic carbocycles. The minimum Gasteiger partial charge on any atom is -0.394 e. The lowest BCUT2D eigenvalue weighted by Crippen LogP contribution is -2.40. The average molecular weight is 347 g/mol. The molecule has 1 amide bonds. The Morgan fingerprint density at radius 1 is 1.29 bits per heavy atom. The summed E-state index contributed by atoms with van der Waals surface area (Å²) in [5.74, 6) is -0.483. The van der Waals surface area contributed by atoms with Crippen LogP contribution in [0, 0.1) is 0 Å². The van der Waals surface area contributed by atoms with Gasteiger partial charge in [-0.3, -0.25) is 4.79 Å². The van der Waals surface area contributed by atoms with E-state index in [9.17, 15) is 4.79 Å². The maximum atomic E-state index is 12.2. The lowest BCUT2D eigenvalue weighted by Gasteiger charge is -2.12. The number of aliphatic hydroxyl groups is 2. The number of nitrogens with zero attached hydrogens (tertiary/aromatic N) is 3. The third-order valence-electron chi connectivity index (χ3n) is 3.51. The Balaban J connectivity index is 1.98. The minimum absolute atomic E-state index is 0.165. The first-order chi connectivity index (χ1) is 11.6. The number of carbonyl (C=O) groups is 1. The summed E-state index contributed by atoms with van der Waals surface area (Å²) in [6.45, 7) is -0.712. The second-order valence-electron chi connectivity index (χ2n) is 5.19. The van der Waals surface area contributed by atoms with Gasteiger partial charge in [-0.1, -0.05) is 23.7 Å². The summed E-state index contributed by atoms with van der Waals surface area (Å²) >= 11 is 6.02. The molecule has 0 spiro atoms. The van der Waals surface area contributed by atoms with E-state index < -0.39 is 11.9 Å². The zero-order valence-corrected chi connectivity index (χ0v) is 13.3. The first-order valence-electron chi connectivity index (χ1n) is 7.25. The third-order valence-corrected chi connectivity index (χ3v) is 3.75. The molecule has 0 bridgehead atoms. The van der Waals surface area contributed by atoms with Crippen molar-refractivity contribution in [3.8, 4) is 11.1 Å². The summed E-state index contributed by atoms with van der Waals surface area (Å²) in [7, 11) is 0. The van der Waals surface area contributed by atoms with Crippen LogP contribution in [0.3, 0.4) is 0 Å². The summed E-state index contributed by atoms with van der Waals surface area (Å²) in [6, 6.07) is 8.05. The molecule has 0 saturated heterocycles. The molecule has 0 aliphatic rings. The Labute approximate surface area is 142 Å². The average Bonchev–Trinajstić information content (AvgIpc) is 3.02. The van der Waals surface area contributed by atoms with Gasteiger partial charge in [-0.25, -0.2) is 9.50 Å². The Kier molecular flexibility index (Phi) is 4.75. The number of amides is 1. The number of aliphatic hydroxyl groups excluding tert-OH is 2. The number of carbonyl (C=O) groups excluding carboxylic acids is 1. The number of halogens is 1. The topological polar surface area (TPSA) is 99.8 Å². The van der Waals surface area contributed by atoms with Crippen molar-refractivity contribution in [1.29, 1.82) is 0 Å². The second kappa shape index (κ2) is 6.96. The van der Waals surface area contributed by atoms with Gasteiger partial charge in [0.2, 0.25) is 0 Å². The van der Waals surface area contributed by atoms with Crippen LogP contribution in [-0.2, 0) is 0 Å². The summed E-state index contributed by atoms with van der Waals surface area (Å²) in [5, 5.41) is 25.4. The second-order valence-corrected chi connectivity index (χ2v) is 5.62. The minimum atomic E-state index is -0.729. The van der Waals surface area contributed by atoms with E-state index in [-0.39, 0.29) is 18.9 Å². The highest BCUT2D eigenvalue weighted by Gasteiger charge is 2.16. The van der Waals surface area contributed by atoms with Gasteiger partial charge in [0, 0.05) is 16.8 Å². The van der Waals surface area contributed by atoms with Crippen molar-refractivity contribution in [2.75, 3.05) is 13.2 Å². The maximum Gasteiger partial charge on any atom is 0.270 e. The molecule has 0 aliphatic carbocycles. The Hall–Kier alpha value is -2.48. The van der Waals surface area contributed by atoms with Crippen LogP contribution in [0.2, 0.25) is 5.02 Å². The molecule has 7 nitrogen and oxygen atoms in total. The zero-order chi connectivity index (χ0) is 17.1. The van der Waals surface area contributed by atoms with Crippen molar-refractivity contribution >= 4 is 23.2 Å². The van der Waals surface area contributed by atoms with Gasteiger partial charge in [0.25, 0.3) is 5.91 Å². The van der Waals surface area contributed by atoms with Gasteiger partial charge >= 0.3 is 0 Å². The predicted octanol–water partition coefficient (Wildman–Crippen LogP) is 1.13. The summed E-state index contributed by atoms with van der Waals surface area (Å²) in [4.78, 5) is 16.5. The Morgan fingerprint density at radius 2 is 2.08 bits per heavy atom. The standard InChI is InChI=1S/C16H15ClN4O3/c17-11-3-1-2-10(6-11)13-7-18-21-5-4-14(20-15(13)21)16(24)19-12(8-22)9-23/h1-7,12,22-23H,8-9H2,(H,19,24). The van der Waals surface area contributed by atoms with Crippen molar-refractivity contribution < 1.29 is 15.0 Å². The number of hydrogen-bond acceptors (Lipinski definition) is 5. The molecule has 0 radical (unpaired) electrons. The van der Waals surface area contributed by atoms with E-state index in [4.69, 9.17) is 21.8 Å². The Bertz CT molecular complexity index is 877. The van der Waals surface area contributed by atoms with E-state index in [2.05, 4.69) is 15.4 Å². The molecule has 0 unspecified atom stereocenters. The van der Waals surface area contributed by atoms with Gasteiger partial charge in [-0.15, -0.1) is 0 Å². The van der Waals surface area contributed by atoms with E-state index in [1.54, 1.807) is 29.0 Å². The predicted molar refractivity (Wildman–Crippen MR) is 88.9 cm³/mol. The molecule has 3 rings (SSSR count). The third kappa shape index (κ3) is 3.23. The number of benzene rings is 1. The van der Waals surface area contributed by atoms with Crippen molar-refractivity contribution in [1.82, 2.24) is 19.9 Å². The summed E-state index contributed by atoms with van der Waals surface area (Å²) in [5.41, 5.74) is 2.26. The van der Waals surface area contributed by atoms with Crippen LogP contribution in [0.1, 0.15) is 10.5 Å². The van der Waals surface area contributed by atoms with E-state index in [0.717, 1.165) is 11.1 Å². The monoisotopic (exact) mass is 346 g/mol. The first-order valence-corrected chi connectivity index (χ1v) is 7.63. The normalized spacial score (nSPS) is 11.2. The molecule has 24 heavy (non-hydrogen) atoms. The molecule has 0 atom stereocenters. The fraction of sp³-hybridized carbons (Fsp3) is 0.188. The number of fused-ring (bicyclic) bond motifs is 1. The highest BCUT2D eigenvalue weighted by atomic mass is 35.5. The summed E-state index contributed by atoms with van der Waals surface area (Å²) < 4.78 is 1.56. The molecular weight excluding hydrogens is 332 g/mol. The number of hydrogen-bond donors (Lipinski definition) is 3. The van der Waals surface area contributed by atoms with Gasteiger partial charge in [0.05, 0.1) is 25.5 Å². The highest BCUT2D eigenvalue weighted by molar-refractivity contribution is 6.30. The number of nitrogens with one attached hydrogen (secondary N) is 1. The van der Waals surface area contributed by atoms with Crippen LogP contribution in [0.5, 0.6) is 0 Å². The van der Waals surface area contributed by atoms with Gasteiger partial charge < -0.3 is 15.5 Å². The van der Waals surface area contributed by atoms with Crippen molar-refractivity contribution in [2.24, 2.45) is 0 Å². The molecule has 8 heteroatoms. The molecular formula is C16H15ClN4O3. The number of aromatic nitrogens is 3. The van der Waals surface area contributed by atoms with Gasteiger partial charge in [-0.2, -0.15) is 5.10 Å². The maximum absolute atomic E-state index is 12.2. The molecule has 0 aliphatic heterocycles. The fourth-order valence-electron chi connectivity index (χ4n) is 2.26. The molecule has 0 fully saturated rings. The van der Waals surface area contributed by atoms with E-state index in [0.29, 0.717) is 10.7 Å². The Morgan fingerprint density at radius 3 is 2.79 bits per heavy atom. The van der Waals surface area contributed by atoms with Gasteiger partial charge in [0.1, 0.15) is 5.69 Å². The quantitative estimate of drug-likeness (QED) is 0.643. The molecule has 3 aromatic rings. The number of rotatable bonds is 5. The van der Waals surface area contributed by atoms with Crippen LogP contribution in [0.15, 0.2) is 42.7 Å². The largest absolute Gasteiger partial charge is 0.394 e. The lowest BCUT2D eigenvalue weighted by atomic mass is 10.1. The smallest absolute Gasteiger partial charge is 0.270 e. The van der Waals surface area contributed by atoms with E-state index in [1.165, 1.54) is 6.07 Å². The highest BCUT2D eigenvalue weighted by Crippen LogP contribution is 2.25. The zero-order valence-electron chi connectivity index (χ0n) is 12.6. The van der Waals surface area contributed by atoms with Crippen LogP contribution in [0.4, 0.5) is 0 Å². The fourth-order valence-corrected chi connectivity index (χ4v) is 2.45. The van der Waals surface area contributed by atoms with Crippen LogP contribution in [0.25, 0.3) is 16.8 Å². The lowest BCUT2D eigenvalue weighted by molar-refractivity contribution is 0.0874. The van der Waals surface area contributed by atoms with Gasteiger partial charge in [0.15, 0.2) is 5.65 Å². The van der Waals surface area contributed by atoms with Gasteiger partial charge in [-0.05, 0) is 23.8 Å². The molecule has 2 heterocycles. The molecule has 0 saturated carbocycles. The SMILES string of the molecule is O=C(NC(CO)CO)c1ccn2ncc(-c3cccc(Cl)c3)c2n1.